The maximum absolute atomic E-state index is 11.1. The fourth-order valence-corrected chi connectivity index (χ4v) is 0.960. The highest BCUT2D eigenvalue weighted by atomic mass is 16.5. The van der Waals surface area contributed by atoms with Gasteiger partial charge in [0, 0.05) is 0 Å². The van der Waals surface area contributed by atoms with E-state index in [1.165, 1.54) is 6.07 Å². The minimum Gasteiger partial charge on any atom is -0.471 e. The SMILES string of the molecule is CCC(C)(C)Oc1cc(=O)[nH]c(C)n1. The van der Waals surface area contributed by atoms with Crippen molar-refractivity contribution in [3.05, 3.63) is 22.2 Å². The Balaban J connectivity index is 2.92. The summed E-state index contributed by atoms with van der Waals surface area (Å²) in [5.74, 6) is 0.956. The molecule has 0 bridgehead atoms. The molecule has 0 fully saturated rings. The van der Waals surface area contributed by atoms with Crippen molar-refractivity contribution in [2.45, 2.75) is 39.7 Å². The van der Waals surface area contributed by atoms with Crippen molar-refractivity contribution in [3.63, 3.8) is 0 Å². The summed E-state index contributed by atoms with van der Waals surface area (Å²) in [6, 6.07) is 1.37. The summed E-state index contributed by atoms with van der Waals surface area (Å²) >= 11 is 0. The monoisotopic (exact) mass is 196 g/mol. The number of nitrogens with zero attached hydrogens (tertiary/aromatic N) is 1. The molecule has 14 heavy (non-hydrogen) atoms. The molecule has 0 atom stereocenters. The number of aromatic nitrogens is 2. The van der Waals surface area contributed by atoms with Gasteiger partial charge in [0.25, 0.3) is 5.56 Å². The zero-order chi connectivity index (χ0) is 10.8. The van der Waals surface area contributed by atoms with Crippen LogP contribution >= 0.6 is 0 Å². The van der Waals surface area contributed by atoms with Crippen LogP contribution in [0.25, 0.3) is 0 Å². The second-order valence-corrected chi connectivity index (χ2v) is 3.88. The average Bonchev–Trinajstić information content (AvgIpc) is 2.01. The first-order chi connectivity index (χ1) is 6.43. The molecular formula is C10H16N2O2. The van der Waals surface area contributed by atoms with Crippen LogP contribution in [0.5, 0.6) is 5.88 Å². The quantitative estimate of drug-likeness (QED) is 0.799. The fraction of sp³-hybridized carbons (Fsp3) is 0.600. The lowest BCUT2D eigenvalue weighted by molar-refractivity contribution is 0.0984. The first-order valence-corrected chi connectivity index (χ1v) is 4.70. The van der Waals surface area contributed by atoms with Crippen molar-refractivity contribution in [2.24, 2.45) is 0 Å². The van der Waals surface area contributed by atoms with Gasteiger partial charge in [-0.3, -0.25) is 4.79 Å². The largest absolute Gasteiger partial charge is 0.471 e. The molecule has 1 rings (SSSR count). The Kier molecular flexibility index (Phi) is 2.93. The third-order valence-corrected chi connectivity index (χ3v) is 2.07. The minimum absolute atomic E-state index is 0.181. The van der Waals surface area contributed by atoms with Crippen LogP contribution in [0.3, 0.4) is 0 Å². The van der Waals surface area contributed by atoms with Gasteiger partial charge in [-0.2, -0.15) is 0 Å². The fourth-order valence-electron chi connectivity index (χ4n) is 0.960. The molecule has 1 heterocycles. The molecule has 78 valence electrons. The van der Waals surface area contributed by atoms with Gasteiger partial charge >= 0.3 is 0 Å². The van der Waals surface area contributed by atoms with Crippen LogP contribution in [0.1, 0.15) is 33.0 Å². The predicted octanol–water partition coefficient (Wildman–Crippen LogP) is 1.65. The van der Waals surface area contributed by atoms with Crippen LogP contribution in [0, 0.1) is 6.92 Å². The highest BCUT2D eigenvalue weighted by molar-refractivity contribution is 5.09. The van der Waals surface area contributed by atoms with Gasteiger partial charge in [-0.25, -0.2) is 4.98 Å². The topological polar surface area (TPSA) is 55.0 Å². The molecule has 0 aromatic carbocycles. The van der Waals surface area contributed by atoms with Crippen molar-refractivity contribution < 1.29 is 4.74 Å². The van der Waals surface area contributed by atoms with Crippen molar-refractivity contribution in [1.82, 2.24) is 9.97 Å². The molecule has 0 saturated heterocycles. The van der Waals surface area contributed by atoms with Crippen molar-refractivity contribution in [2.75, 3.05) is 0 Å². The molecule has 1 aromatic rings. The van der Waals surface area contributed by atoms with Crippen LogP contribution in [-0.2, 0) is 0 Å². The summed E-state index contributed by atoms with van der Waals surface area (Å²) in [4.78, 5) is 17.8. The van der Waals surface area contributed by atoms with Gasteiger partial charge in [0.15, 0.2) is 0 Å². The Bertz CT molecular complexity index is 369. The first kappa shape index (κ1) is 10.8. The summed E-state index contributed by atoms with van der Waals surface area (Å²) in [5.41, 5.74) is -0.466. The highest BCUT2D eigenvalue weighted by Gasteiger charge is 2.17. The Morgan fingerprint density at radius 3 is 2.71 bits per heavy atom. The van der Waals surface area contributed by atoms with Crippen molar-refractivity contribution in [3.8, 4) is 5.88 Å². The number of hydrogen-bond donors (Lipinski definition) is 1. The Labute approximate surface area is 83.3 Å². The van der Waals surface area contributed by atoms with Crippen LogP contribution < -0.4 is 10.3 Å². The van der Waals surface area contributed by atoms with Crippen LogP contribution in [0.2, 0.25) is 0 Å². The van der Waals surface area contributed by atoms with E-state index in [1.807, 2.05) is 20.8 Å². The molecule has 0 saturated carbocycles. The van der Waals surface area contributed by atoms with Gasteiger partial charge in [-0.05, 0) is 27.2 Å². The standard InChI is InChI=1S/C10H16N2O2/c1-5-10(3,4)14-9-6-8(13)11-7(2)12-9/h6H,5H2,1-4H3,(H,11,12,13). The lowest BCUT2D eigenvalue weighted by Gasteiger charge is -2.23. The molecule has 4 nitrogen and oxygen atoms in total. The summed E-state index contributed by atoms with van der Waals surface area (Å²) in [5, 5.41) is 0. The summed E-state index contributed by atoms with van der Waals surface area (Å²) in [6.45, 7) is 7.68. The maximum atomic E-state index is 11.1. The Hall–Kier alpha value is -1.32. The van der Waals surface area contributed by atoms with Gasteiger partial charge in [0.05, 0.1) is 6.07 Å². The van der Waals surface area contributed by atoms with E-state index in [2.05, 4.69) is 9.97 Å². The number of aromatic amines is 1. The van der Waals surface area contributed by atoms with E-state index < -0.39 is 0 Å². The lowest BCUT2D eigenvalue weighted by Crippen LogP contribution is -2.28. The lowest BCUT2D eigenvalue weighted by atomic mass is 10.1. The molecular weight excluding hydrogens is 180 g/mol. The number of rotatable bonds is 3. The average molecular weight is 196 g/mol. The van der Waals surface area contributed by atoms with Crippen LogP contribution in [-0.4, -0.2) is 15.6 Å². The molecule has 0 spiro atoms. The predicted molar refractivity (Wildman–Crippen MR) is 54.6 cm³/mol. The number of aryl methyl sites for hydroxylation is 1. The first-order valence-electron chi connectivity index (χ1n) is 4.70. The second-order valence-electron chi connectivity index (χ2n) is 3.88. The number of nitrogens with one attached hydrogen (secondary N) is 1. The van der Waals surface area contributed by atoms with E-state index >= 15 is 0 Å². The van der Waals surface area contributed by atoms with E-state index in [9.17, 15) is 4.79 Å². The van der Waals surface area contributed by atoms with Crippen molar-refractivity contribution in [1.29, 1.82) is 0 Å². The summed E-state index contributed by atoms with van der Waals surface area (Å²) < 4.78 is 5.58. The highest BCUT2D eigenvalue weighted by Crippen LogP contribution is 2.16. The summed E-state index contributed by atoms with van der Waals surface area (Å²) in [6.07, 6.45) is 0.862. The zero-order valence-electron chi connectivity index (χ0n) is 9.05. The third kappa shape index (κ3) is 2.87. The van der Waals surface area contributed by atoms with Gasteiger partial charge in [0.1, 0.15) is 11.4 Å². The van der Waals surface area contributed by atoms with E-state index in [4.69, 9.17) is 4.74 Å². The minimum atomic E-state index is -0.284. The van der Waals surface area contributed by atoms with E-state index in [-0.39, 0.29) is 11.2 Å². The number of hydrogen-bond acceptors (Lipinski definition) is 3. The van der Waals surface area contributed by atoms with Gasteiger partial charge < -0.3 is 9.72 Å². The van der Waals surface area contributed by atoms with Gasteiger partial charge in [-0.1, -0.05) is 6.92 Å². The second kappa shape index (κ2) is 3.82. The van der Waals surface area contributed by atoms with E-state index in [1.54, 1.807) is 6.92 Å². The van der Waals surface area contributed by atoms with Crippen LogP contribution in [0.15, 0.2) is 10.9 Å². The Morgan fingerprint density at radius 2 is 2.21 bits per heavy atom. The smallest absolute Gasteiger partial charge is 0.254 e. The number of H-pyrrole nitrogens is 1. The molecule has 0 aliphatic carbocycles. The zero-order valence-corrected chi connectivity index (χ0v) is 9.05. The van der Waals surface area contributed by atoms with Crippen molar-refractivity contribution >= 4 is 0 Å². The molecule has 0 aliphatic heterocycles. The van der Waals surface area contributed by atoms with Gasteiger partial charge in [-0.15, -0.1) is 0 Å². The molecule has 0 unspecified atom stereocenters. The molecule has 1 aromatic heterocycles. The molecule has 0 amide bonds. The van der Waals surface area contributed by atoms with E-state index in [0.717, 1.165) is 6.42 Å². The molecule has 4 heteroatoms. The Morgan fingerprint density at radius 1 is 1.57 bits per heavy atom. The number of ether oxygens (including phenoxy) is 1. The van der Waals surface area contributed by atoms with E-state index in [0.29, 0.717) is 11.7 Å². The molecule has 0 radical (unpaired) electrons. The maximum Gasteiger partial charge on any atom is 0.254 e. The van der Waals surface area contributed by atoms with Gasteiger partial charge in [0.2, 0.25) is 5.88 Å². The molecule has 0 aliphatic rings. The van der Waals surface area contributed by atoms with Crippen LogP contribution in [0.4, 0.5) is 0 Å². The summed E-state index contributed by atoms with van der Waals surface area (Å²) in [7, 11) is 0. The third-order valence-electron chi connectivity index (χ3n) is 2.07. The normalized spacial score (nSPS) is 11.4. The molecule has 1 N–H and O–H groups in total.